The summed E-state index contributed by atoms with van der Waals surface area (Å²) in [5, 5.41) is 9.34. The molecule has 0 bridgehead atoms. The molecule has 0 radical (unpaired) electrons. The maximum atomic E-state index is 9.34. The average Bonchev–Trinajstić information content (AvgIpc) is 2.28. The SMILES string of the molecule is Cc1cccc(C)c1COc1cccc(O)c1. The van der Waals surface area contributed by atoms with Crippen LogP contribution >= 0.6 is 0 Å². The molecule has 2 rings (SSSR count). The number of aromatic hydroxyl groups is 1. The number of hydrogen-bond acceptors (Lipinski definition) is 2. The molecule has 0 atom stereocenters. The lowest BCUT2D eigenvalue weighted by Crippen LogP contribution is -2.00. The average molecular weight is 228 g/mol. The fourth-order valence-corrected chi connectivity index (χ4v) is 1.81. The Bertz CT molecular complexity index is 498. The summed E-state index contributed by atoms with van der Waals surface area (Å²) < 4.78 is 5.67. The van der Waals surface area contributed by atoms with Gasteiger partial charge in [0.1, 0.15) is 18.1 Å². The van der Waals surface area contributed by atoms with Crippen LogP contribution in [0.5, 0.6) is 11.5 Å². The van der Waals surface area contributed by atoms with Crippen LogP contribution < -0.4 is 4.74 Å². The van der Waals surface area contributed by atoms with Crippen LogP contribution in [-0.2, 0) is 6.61 Å². The van der Waals surface area contributed by atoms with Crippen molar-refractivity contribution in [1.82, 2.24) is 0 Å². The molecule has 0 aromatic heterocycles. The van der Waals surface area contributed by atoms with Gasteiger partial charge in [0.15, 0.2) is 0 Å². The van der Waals surface area contributed by atoms with Crippen LogP contribution in [0.3, 0.4) is 0 Å². The van der Waals surface area contributed by atoms with Crippen molar-refractivity contribution in [2.24, 2.45) is 0 Å². The highest BCUT2D eigenvalue weighted by Crippen LogP contribution is 2.20. The Kier molecular flexibility index (Phi) is 3.33. The van der Waals surface area contributed by atoms with Gasteiger partial charge in [-0.05, 0) is 42.7 Å². The molecule has 0 aliphatic carbocycles. The monoisotopic (exact) mass is 228 g/mol. The quantitative estimate of drug-likeness (QED) is 0.870. The highest BCUT2D eigenvalue weighted by atomic mass is 16.5. The molecule has 17 heavy (non-hydrogen) atoms. The molecule has 88 valence electrons. The summed E-state index contributed by atoms with van der Waals surface area (Å²) in [5.41, 5.74) is 3.66. The maximum Gasteiger partial charge on any atom is 0.123 e. The van der Waals surface area contributed by atoms with E-state index in [1.807, 2.05) is 12.1 Å². The zero-order chi connectivity index (χ0) is 12.3. The van der Waals surface area contributed by atoms with E-state index in [0.717, 1.165) is 0 Å². The lowest BCUT2D eigenvalue weighted by atomic mass is 10.0. The van der Waals surface area contributed by atoms with E-state index in [4.69, 9.17) is 4.74 Å². The third kappa shape index (κ3) is 2.78. The smallest absolute Gasteiger partial charge is 0.123 e. The Morgan fingerprint density at radius 3 is 2.29 bits per heavy atom. The number of aryl methyl sites for hydroxylation is 2. The number of hydrogen-bond donors (Lipinski definition) is 1. The van der Waals surface area contributed by atoms with Crippen molar-refractivity contribution in [3.05, 3.63) is 59.2 Å². The summed E-state index contributed by atoms with van der Waals surface area (Å²) in [6.45, 7) is 4.68. The van der Waals surface area contributed by atoms with Crippen LogP contribution in [0, 0.1) is 13.8 Å². The van der Waals surface area contributed by atoms with Gasteiger partial charge in [0, 0.05) is 6.07 Å². The Balaban J connectivity index is 2.13. The van der Waals surface area contributed by atoms with Gasteiger partial charge < -0.3 is 9.84 Å². The minimum absolute atomic E-state index is 0.226. The summed E-state index contributed by atoms with van der Waals surface area (Å²) in [4.78, 5) is 0. The fraction of sp³-hybridized carbons (Fsp3) is 0.200. The molecule has 1 N–H and O–H groups in total. The minimum atomic E-state index is 0.226. The first-order valence-corrected chi connectivity index (χ1v) is 5.64. The summed E-state index contributed by atoms with van der Waals surface area (Å²) in [6.07, 6.45) is 0. The van der Waals surface area contributed by atoms with Gasteiger partial charge in [0.25, 0.3) is 0 Å². The highest BCUT2D eigenvalue weighted by Gasteiger charge is 2.03. The standard InChI is InChI=1S/C15H16O2/c1-11-5-3-6-12(2)15(11)10-17-14-8-4-7-13(16)9-14/h3-9,16H,10H2,1-2H3. The topological polar surface area (TPSA) is 29.5 Å². The van der Waals surface area contributed by atoms with Gasteiger partial charge in [-0.3, -0.25) is 0 Å². The molecule has 0 fully saturated rings. The van der Waals surface area contributed by atoms with Crippen LogP contribution in [0.1, 0.15) is 16.7 Å². The summed E-state index contributed by atoms with van der Waals surface area (Å²) >= 11 is 0. The second-order valence-corrected chi connectivity index (χ2v) is 4.16. The first-order chi connectivity index (χ1) is 8.16. The van der Waals surface area contributed by atoms with Crippen molar-refractivity contribution in [2.75, 3.05) is 0 Å². The number of ether oxygens (including phenoxy) is 1. The predicted octanol–water partition coefficient (Wildman–Crippen LogP) is 3.59. The van der Waals surface area contributed by atoms with Gasteiger partial charge >= 0.3 is 0 Å². The lowest BCUT2D eigenvalue weighted by Gasteiger charge is -2.11. The summed E-state index contributed by atoms with van der Waals surface area (Å²) in [6, 6.07) is 13.1. The first kappa shape index (κ1) is 11.5. The Morgan fingerprint density at radius 1 is 1.00 bits per heavy atom. The largest absolute Gasteiger partial charge is 0.508 e. The Labute approximate surface area is 101 Å². The van der Waals surface area contributed by atoms with Crippen molar-refractivity contribution < 1.29 is 9.84 Å². The van der Waals surface area contributed by atoms with Crippen molar-refractivity contribution in [2.45, 2.75) is 20.5 Å². The van der Waals surface area contributed by atoms with E-state index in [1.165, 1.54) is 16.7 Å². The molecule has 0 heterocycles. The van der Waals surface area contributed by atoms with Gasteiger partial charge in [0.2, 0.25) is 0 Å². The molecule has 2 heteroatoms. The van der Waals surface area contributed by atoms with Gasteiger partial charge in [-0.15, -0.1) is 0 Å². The van der Waals surface area contributed by atoms with Crippen LogP contribution in [0.4, 0.5) is 0 Å². The third-order valence-corrected chi connectivity index (χ3v) is 2.85. The molecular weight excluding hydrogens is 212 g/mol. The van der Waals surface area contributed by atoms with E-state index in [9.17, 15) is 5.11 Å². The maximum absolute atomic E-state index is 9.34. The van der Waals surface area contributed by atoms with Crippen molar-refractivity contribution in [1.29, 1.82) is 0 Å². The minimum Gasteiger partial charge on any atom is -0.508 e. The molecular formula is C15H16O2. The van der Waals surface area contributed by atoms with Crippen molar-refractivity contribution in [3.8, 4) is 11.5 Å². The Hall–Kier alpha value is -1.96. The first-order valence-electron chi connectivity index (χ1n) is 5.64. The molecule has 2 aromatic carbocycles. The zero-order valence-corrected chi connectivity index (χ0v) is 10.1. The molecule has 0 aliphatic heterocycles. The molecule has 0 aliphatic rings. The van der Waals surface area contributed by atoms with E-state index >= 15 is 0 Å². The van der Waals surface area contributed by atoms with Gasteiger partial charge in [-0.2, -0.15) is 0 Å². The van der Waals surface area contributed by atoms with Crippen molar-refractivity contribution >= 4 is 0 Å². The van der Waals surface area contributed by atoms with Crippen molar-refractivity contribution in [3.63, 3.8) is 0 Å². The number of benzene rings is 2. The number of phenols is 1. The van der Waals surface area contributed by atoms with Gasteiger partial charge in [0.05, 0.1) is 0 Å². The van der Waals surface area contributed by atoms with Crippen LogP contribution in [0.25, 0.3) is 0 Å². The second-order valence-electron chi connectivity index (χ2n) is 4.16. The highest BCUT2D eigenvalue weighted by molar-refractivity contribution is 5.35. The molecule has 0 amide bonds. The summed E-state index contributed by atoms with van der Waals surface area (Å²) in [5.74, 6) is 0.914. The second kappa shape index (κ2) is 4.91. The zero-order valence-electron chi connectivity index (χ0n) is 10.1. The molecule has 0 unspecified atom stereocenters. The molecule has 0 saturated carbocycles. The number of phenolic OH excluding ortho intramolecular Hbond substituents is 1. The van der Waals surface area contributed by atoms with Crippen LogP contribution in [0.15, 0.2) is 42.5 Å². The molecule has 2 nitrogen and oxygen atoms in total. The van der Waals surface area contributed by atoms with E-state index in [1.54, 1.807) is 18.2 Å². The lowest BCUT2D eigenvalue weighted by molar-refractivity contribution is 0.303. The van der Waals surface area contributed by atoms with E-state index in [-0.39, 0.29) is 5.75 Å². The van der Waals surface area contributed by atoms with E-state index < -0.39 is 0 Å². The fourth-order valence-electron chi connectivity index (χ4n) is 1.81. The molecule has 0 spiro atoms. The Morgan fingerprint density at radius 2 is 1.65 bits per heavy atom. The van der Waals surface area contributed by atoms with Crippen LogP contribution in [-0.4, -0.2) is 5.11 Å². The number of rotatable bonds is 3. The summed E-state index contributed by atoms with van der Waals surface area (Å²) in [7, 11) is 0. The molecule has 0 saturated heterocycles. The van der Waals surface area contributed by atoms with E-state index in [2.05, 4.69) is 26.0 Å². The van der Waals surface area contributed by atoms with E-state index in [0.29, 0.717) is 12.4 Å². The third-order valence-electron chi connectivity index (χ3n) is 2.85. The van der Waals surface area contributed by atoms with Gasteiger partial charge in [-0.1, -0.05) is 24.3 Å². The normalized spacial score (nSPS) is 10.2. The predicted molar refractivity (Wildman–Crippen MR) is 68.4 cm³/mol. The van der Waals surface area contributed by atoms with Crippen LogP contribution in [0.2, 0.25) is 0 Å². The molecule has 2 aromatic rings. The van der Waals surface area contributed by atoms with Gasteiger partial charge in [-0.25, -0.2) is 0 Å².